The van der Waals surface area contributed by atoms with Gasteiger partial charge in [0.1, 0.15) is 5.52 Å². The van der Waals surface area contributed by atoms with Gasteiger partial charge < -0.3 is 9.84 Å². The van der Waals surface area contributed by atoms with E-state index in [0.717, 1.165) is 37.8 Å². The lowest BCUT2D eigenvalue weighted by molar-refractivity contribution is 0.102. The molecule has 0 fully saturated rings. The molecular formula is C22H17BrN2O2. The highest BCUT2D eigenvalue weighted by molar-refractivity contribution is 9.10. The van der Waals surface area contributed by atoms with Crippen LogP contribution in [0.3, 0.4) is 0 Å². The number of rotatable bonds is 3. The molecule has 134 valence electrons. The second-order valence-electron chi connectivity index (χ2n) is 6.58. The summed E-state index contributed by atoms with van der Waals surface area (Å²) in [6.45, 7) is 4.02. The number of aromatic nitrogens is 1. The normalized spacial score (nSPS) is 10.9. The Morgan fingerprint density at radius 2 is 1.67 bits per heavy atom. The van der Waals surface area contributed by atoms with Gasteiger partial charge in [0.25, 0.3) is 5.91 Å². The Morgan fingerprint density at radius 3 is 2.37 bits per heavy atom. The number of carbonyl (C=O) groups excluding carboxylic acids is 1. The number of aryl methyl sites for hydroxylation is 2. The van der Waals surface area contributed by atoms with Crippen LogP contribution in [0.2, 0.25) is 0 Å². The fourth-order valence-corrected chi connectivity index (χ4v) is 3.41. The fraction of sp³-hybridized carbons (Fsp3) is 0.0909. The quantitative estimate of drug-likeness (QED) is 0.433. The van der Waals surface area contributed by atoms with Gasteiger partial charge in [-0.2, -0.15) is 0 Å². The molecular weight excluding hydrogens is 404 g/mol. The molecule has 4 rings (SSSR count). The van der Waals surface area contributed by atoms with Crippen molar-refractivity contribution in [2.75, 3.05) is 5.32 Å². The van der Waals surface area contributed by atoms with E-state index < -0.39 is 0 Å². The van der Waals surface area contributed by atoms with E-state index in [9.17, 15) is 4.79 Å². The number of nitrogens with zero attached hydrogens (tertiary/aromatic N) is 1. The third-order valence-corrected chi connectivity index (χ3v) is 4.85. The second-order valence-corrected chi connectivity index (χ2v) is 7.50. The van der Waals surface area contributed by atoms with Crippen molar-refractivity contribution in [3.8, 4) is 11.3 Å². The third kappa shape index (κ3) is 3.64. The molecule has 0 spiro atoms. The first-order valence-electron chi connectivity index (χ1n) is 8.54. The van der Waals surface area contributed by atoms with Gasteiger partial charge in [0, 0.05) is 21.3 Å². The van der Waals surface area contributed by atoms with E-state index in [2.05, 4.69) is 32.5 Å². The first kappa shape index (κ1) is 17.5. The molecule has 1 amide bonds. The molecule has 0 aliphatic heterocycles. The van der Waals surface area contributed by atoms with Gasteiger partial charge in [-0.1, -0.05) is 27.2 Å². The summed E-state index contributed by atoms with van der Waals surface area (Å²) < 4.78 is 6.52. The average Bonchev–Trinajstić information content (AvgIpc) is 3.04. The molecule has 0 atom stereocenters. The highest BCUT2D eigenvalue weighted by atomic mass is 79.9. The van der Waals surface area contributed by atoms with Crippen LogP contribution in [-0.2, 0) is 0 Å². The van der Waals surface area contributed by atoms with Crippen molar-refractivity contribution in [3.63, 3.8) is 0 Å². The van der Waals surface area contributed by atoms with Gasteiger partial charge in [-0.05, 0) is 79.6 Å². The van der Waals surface area contributed by atoms with Gasteiger partial charge >= 0.3 is 0 Å². The number of hydrogen-bond donors (Lipinski definition) is 1. The van der Waals surface area contributed by atoms with E-state index in [0.29, 0.717) is 11.3 Å². The molecule has 1 N–H and O–H groups in total. The number of fused-ring (bicyclic) bond motifs is 1. The molecule has 0 radical (unpaired) electrons. The third-order valence-electron chi connectivity index (χ3n) is 4.32. The minimum Gasteiger partial charge on any atom is -0.355 e. The summed E-state index contributed by atoms with van der Waals surface area (Å²) in [7, 11) is 0. The molecule has 1 heterocycles. The minimum absolute atomic E-state index is 0.162. The predicted molar refractivity (Wildman–Crippen MR) is 111 cm³/mol. The number of amides is 1. The van der Waals surface area contributed by atoms with Crippen LogP contribution in [0.25, 0.3) is 22.2 Å². The number of nitrogens with one attached hydrogen (secondary N) is 1. The first-order valence-corrected chi connectivity index (χ1v) is 9.34. The maximum atomic E-state index is 12.7. The number of benzene rings is 3. The zero-order chi connectivity index (χ0) is 19.0. The van der Waals surface area contributed by atoms with E-state index in [4.69, 9.17) is 4.52 Å². The Labute approximate surface area is 165 Å². The van der Waals surface area contributed by atoms with Crippen molar-refractivity contribution in [1.29, 1.82) is 0 Å². The average molecular weight is 421 g/mol. The molecule has 0 aliphatic rings. The Kier molecular flexibility index (Phi) is 4.54. The van der Waals surface area contributed by atoms with Crippen LogP contribution in [-0.4, -0.2) is 11.1 Å². The monoisotopic (exact) mass is 420 g/mol. The highest BCUT2D eigenvalue weighted by Crippen LogP contribution is 2.30. The van der Waals surface area contributed by atoms with Crippen molar-refractivity contribution in [1.82, 2.24) is 5.16 Å². The molecule has 27 heavy (non-hydrogen) atoms. The number of hydrogen-bond acceptors (Lipinski definition) is 3. The molecule has 0 saturated heterocycles. The largest absolute Gasteiger partial charge is 0.355 e. The Bertz CT molecular complexity index is 1130. The van der Waals surface area contributed by atoms with Crippen LogP contribution in [0.4, 0.5) is 5.69 Å². The molecule has 4 nitrogen and oxygen atoms in total. The second kappa shape index (κ2) is 7.00. The summed E-state index contributed by atoms with van der Waals surface area (Å²) in [4.78, 5) is 12.7. The number of carbonyl (C=O) groups is 1. The standard InChI is InChI=1S/C22H17BrN2O2/c1-13-9-14(2)11-18(10-13)24-22(26)16-5-8-20-19(12-16)21(27-25-20)15-3-6-17(23)7-4-15/h3-12H,1-2H3,(H,24,26). The lowest BCUT2D eigenvalue weighted by atomic mass is 10.1. The molecule has 5 heteroatoms. The molecule has 1 aromatic heterocycles. The van der Waals surface area contributed by atoms with E-state index in [1.807, 2.05) is 56.3 Å². The molecule has 0 bridgehead atoms. The molecule has 3 aromatic carbocycles. The van der Waals surface area contributed by atoms with Crippen molar-refractivity contribution in [2.45, 2.75) is 13.8 Å². The Balaban J connectivity index is 1.69. The van der Waals surface area contributed by atoms with E-state index in [1.54, 1.807) is 12.1 Å². The smallest absolute Gasteiger partial charge is 0.255 e. The maximum Gasteiger partial charge on any atom is 0.255 e. The summed E-state index contributed by atoms with van der Waals surface area (Å²) in [5.41, 5.74) is 5.19. The molecule has 0 aliphatic carbocycles. The summed E-state index contributed by atoms with van der Waals surface area (Å²) in [5.74, 6) is 0.489. The highest BCUT2D eigenvalue weighted by Gasteiger charge is 2.14. The lowest BCUT2D eigenvalue weighted by Crippen LogP contribution is -2.12. The van der Waals surface area contributed by atoms with E-state index in [-0.39, 0.29) is 5.91 Å². The van der Waals surface area contributed by atoms with Crippen LogP contribution in [0.1, 0.15) is 21.5 Å². The molecule has 0 unspecified atom stereocenters. The van der Waals surface area contributed by atoms with Gasteiger partial charge in [-0.15, -0.1) is 0 Å². The van der Waals surface area contributed by atoms with Gasteiger partial charge in [-0.25, -0.2) is 0 Å². The molecule has 4 aromatic rings. The van der Waals surface area contributed by atoms with Crippen molar-refractivity contribution >= 4 is 38.4 Å². The van der Waals surface area contributed by atoms with Gasteiger partial charge in [0.15, 0.2) is 5.76 Å². The zero-order valence-corrected chi connectivity index (χ0v) is 16.5. The summed E-state index contributed by atoms with van der Waals surface area (Å²) in [5, 5.41) is 7.88. The van der Waals surface area contributed by atoms with E-state index >= 15 is 0 Å². The SMILES string of the molecule is Cc1cc(C)cc(NC(=O)c2ccc3noc(-c4ccc(Br)cc4)c3c2)c1. The first-order chi connectivity index (χ1) is 13.0. The topological polar surface area (TPSA) is 55.1 Å². The van der Waals surface area contributed by atoms with Crippen LogP contribution >= 0.6 is 15.9 Å². The maximum absolute atomic E-state index is 12.7. The summed E-state index contributed by atoms with van der Waals surface area (Å²) in [6.07, 6.45) is 0. The zero-order valence-electron chi connectivity index (χ0n) is 14.9. The summed E-state index contributed by atoms with van der Waals surface area (Å²) >= 11 is 3.43. The van der Waals surface area contributed by atoms with Gasteiger partial charge in [0.05, 0.1) is 5.39 Å². The van der Waals surface area contributed by atoms with Gasteiger partial charge in [0.2, 0.25) is 0 Å². The van der Waals surface area contributed by atoms with Crippen molar-refractivity contribution < 1.29 is 9.32 Å². The van der Waals surface area contributed by atoms with Crippen LogP contribution in [0.15, 0.2) is 69.7 Å². The Hall–Kier alpha value is -2.92. The van der Waals surface area contributed by atoms with Crippen LogP contribution < -0.4 is 5.32 Å². The molecule has 0 saturated carbocycles. The van der Waals surface area contributed by atoms with Crippen molar-refractivity contribution in [2.24, 2.45) is 0 Å². The number of anilines is 1. The number of halogens is 1. The van der Waals surface area contributed by atoms with Gasteiger partial charge in [-0.3, -0.25) is 4.79 Å². The van der Waals surface area contributed by atoms with Crippen molar-refractivity contribution in [3.05, 3.63) is 81.8 Å². The fourth-order valence-electron chi connectivity index (χ4n) is 3.14. The summed E-state index contributed by atoms with van der Waals surface area (Å²) in [6, 6.07) is 19.2. The predicted octanol–water partition coefficient (Wildman–Crippen LogP) is 6.13. The lowest BCUT2D eigenvalue weighted by Gasteiger charge is -2.08. The van der Waals surface area contributed by atoms with Crippen LogP contribution in [0.5, 0.6) is 0 Å². The van der Waals surface area contributed by atoms with E-state index in [1.165, 1.54) is 0 Å². The Morgan fingerprint density at radius 1 is 0.963 bits per heavy atom. The minimum atomic E-state index is -0.162. The van der Waals surface area contributed by atoms with Crippen LogP contribution in [0, 0.1) is 13.8 Å².